The van der Waals surface area contributed by atoms with Gasteiger partial charge in [-0.1, -0.05) is 12.1 Å². The summed E-state index contributed by atoms with van der Waals surface area (Å²) in [4.78, 5) is 0. The Morgan fingerprint density at radius 1 is 1.60 bits per heavy atom. The summed E-state index contributed by atoms with van der Waals surface area (Å²) >= 11 is 0. The maximum Gasteiger partial charge on any atom is 0.123 e. The van der Waals surface area contributed by atoms with Gasteiger partial charge >= 0.3 is 0 Å². The van der Waals surface area contributed by atoms with E-state index in [1.807, 2.05) is 0 Å². The zero-order valence-electron chi connectivity index (χ0n) is 8.53. The predicted octanol–water partition coefficient (Wildman–Crippen LogP) is 1.63. The Morgan fingerprint density at radius 2 is 2.40 bits per heavy atom. The standard InChI is InChI=1S/C11H13FN2O/c1-15-6-5-14-11(8-13)9-3-2-4-10(12)7-9/h2-4,7,11,14H,5-6H2,1H3. The summed E-state index contributed by atoms with van der Waals surface area (Å²) < 4.78 is 17.7. The minimum absolute atomic E-state index is 0.332. The lowest BCUT2D eigenvalue weighted by molar-refractivity contribution is 0.198. The van der Waals surface area contributed by atoms with Crippen molar-refractivity contribution in [1.82, 2.24) is 5.32 Å². The Labute approximate surface area is 88.5 Å². The molecular formula is C11H13FN2O. The molecule has 15 heavy (non-hydrogen) atoms. The van der Waals surface area contributed by atoms with Crippen LogP contribution in [0.15, 0.2) is 24.3 Å². The zero-order chi connectivity index (χ0) is 11.1. The van der Waals surface area contributed by atoms with E-state index in [2.05, 4.69) is 11.4 Å². The summed E-state index contributed by atoms with van der Waals surface area (Å²) in [5.41, 5.74) is 0.633. The minimum Gasteiger partial charge on any atom is -0.383 e. The Kier molecular flexibility index (Phi) is 4.75. The molecule has 1 aromatic carbocycles. The van der Waals surface area contributed by atoms with Crippen LogP contribution in [-0.2, 0) is 4.74 Å². The van der Waals surface area contributed by atoms with Crippen LogP contribution >= 0.6 is 0 Å². The average molecular weight is 208 g/mol. The molecule has 0 amide bonds. The van der Waals surface area contributed by atoms with E-state index in [0.29, 0.717) is 18.7 Å². The van der Waals surface area contributed by atoms with E-state index >= 15 is 0 Å². The average Bonchev–Trinajstić information content (AvgIpc) is 2.24. The Hall–Kier alpha value is -1.44. The molecule has 1 atom stereocenters. The van der Waals surface area contributed by atoms with E-state index in [9.17, 15) is 4.39 Å². The van der Waals surface area contributed by atoms with E-state index in [-0.39, 0.29) is 5.82 Å². The van der Waals surface area contributed by atoms with Gasteiger partial charge in [0.05, 0.1) is 12.7 Å². The first-order chi connectivity index (χ1) is 7.27. The lowest BCUT2D eigenvalue weighted by Gasteiger charge is -2.11. The Balaban J connectivity index is 2.63. The fourth-order valence-corrected chi connectivity index (χ4v) is 1.23. The van der Waals surface area contributed by atoms with Gasteiger partial charge in [-0.15, -0.1) is 0 Å². The molecule has 0 spiro atoms. The normalized spacial score (nSPS) is 12.1. The van der Waals surface area contributed by atoms with Crippen LogP contribution in [0.3, 0.4) is 0 Å². The van der Waals surface area contributed by atoms with Crippen LogP contribution in [0.25, 0.3) is 0 Å². The molecule has 0 saturated carbocycles. The molecule has 0 radical (unpaired) electrons. The molecule has 1 rings (SSSR count). The van der Waals surface area contributed by atoms with Crippen molar-refractivity contribution < 1.29 is 9.13 Å². The van der Waals surface area contributed by atoms with Gasteiger partial charge in [-0.2, -0.15) is 5.26 Å². The first kappa shape index (κ1) is 11.6. The van der Waals surface area contributed by atoms with Crippen LogP contribution < -0.4 is 5.32 Å². The number of nitriles is 1. The molecule has 1 N–H and O–H groups in total. The quantitative estimate of drug-likeness (QED) is 0.748. The molecule has 0 fully saturated rings. The monoisotopic (exact) mass is 208 g/mol. The number of benzene rings is 1. The summed E-state index contributed by atoms with van der Waals surface area (Å²) in [5, 5.41) is 11.9. The first-order valence-electron chi connectivity index (χ1n) is 4.65. The molecule has 0 aromatic heterocycles. The van der Waals surface area contributed by atoms with Gasteiger partial charge in [0, 0.05) is 13.7 Å². The second-order valence-electron chi connectivity index (χ2n) is 3.06. The van der Waals surface area contributed by atoms with Crippen LogP contribution in [0, 0.1) is 17.1 Å². The van der Waals surface area contributed by atoms with Crippen molar-refractivity contribution in [2.75, 3.05) is 20.3 Å². The maximum atomic E-state index is 12.9. The molecule has 0 saturated heterocycles. The number of hydrogen-bond acceptors (Lipinski definition) is 3. The summed E-state index contributed by atoms with van der Waals surface area (Å²) in [6, 6.07) is 7.60. The summed E-state index contributed by atoms with van der Waals surface area (Å²) in [6.07, 6.45) is 0. The topological polar surface area (TPSA) is 45.0 Å². The Bertz CT molecular complexity index is 349. The zero-order valence-corrected chi connectivity index (χ0v) is 8.53. The number of nitrogens with zero attached hydrogens (tertiary/aromatic N) is 1. The van der Waals surface area contributed by atoms with Crippen LogP contribution in [0.4, 0.5) is 4.39 Å². The Morgan fingerprint density at radius 3 is 3.00 bits per heavy atom. The highest BCUT2D eigenvalue weighted by Gasteiger charge is 2.09. The van der Waals surface area contributed by atoms with Gasteiger partial charge in [0.2, 0.25) is 0 Å². The van der Waals surface area contributed by atoms with Crippen molar-refractivity contribution in [3.63, 3.8) is 0 Å². The van der Waals surface area contributed by atoms with Gasteiger partial charge in [-0.3, -0.25) is 5.32 Å². The van der Waals surface area contributed by atoms with E-state index in [4.69, 9.17) is 10.00 Å². The lowest BCUT2D eigenvalue weighted by atomic mass is 10.1. The summed E-state index contributed by atoms with van der Waals surface area (Å²) in [6.45, 7) is 1.08. The van der Waals surface area contributed by atoms with Gasteiger partial charge in [0.1, 0.15) is 11.9 Å². The highest BCUT2D eigenvalue weighted by atomic mass is 19.1. The van der Waals surface area contributed by atoms with Crippen molar-refractivity contribution in [3.05, 3.63) is 35.6 Å². The number of ether oxygens (including phenoxy) is 1. The van der Waals surface area contributed by atoms with E-state index in [1.165, 1.54) is 12.1 Å². The number of nitrogens with one attached hydrogen (secondary N) is 1. The van der Waals surface area contributed by atoms with E-state index < -0.39 is 6.04 Å². The van der Waals surface area contributed by atoms with Gasteiger partial charge in [0.25, 0.3) is 0 Å². The molecule has 0 aliphatic carbocycles. The first-order valence-corrected chi connectivity index (χ1v) is 4.65. The number of methoxy groups -OCH3 is 1. The molecular weight excluding hydrogens is 195 g/mol. The van der Waals surface area contributed by atoms with Crippen LogP contribution in [0.2, 0.25) is 0 Å². The predicted molar refractivity (Wildman–Crippen MR) is 54.6 cm³/mol. The molecule has 0 aliphatic heterocycles. The van der Waals surface area contributed by atoms with Crippen LogP contribution in [0.5, 0.6) is 0 Å². The molecule has 1 aromatic rings. The van der Waals surface area contributed by atoms with Gasteiger partial charge in [-0.05, 0) is 17.7 Å². The van der Waals surface area contributed by atoms with Gasteiger partial charge < -0.3 is 4.74 Å². The molecule has 4 heteroatoms. The molecule has 3 nitrogen and oxygen atoms in total. The third-order valence-electron chi connectivity index (χ3n) is 1.97. The fourth-order valence-electron chi connectivity index (χ4n) is 1.23. The van der Waals surface area contributed by atoms with Crippen molar-refractivity contribution >= 4 is 0 Å². The lowest BCUT2D eigenvalue weighted by Crippen LogP contribution is -2.23. The smallest absolute Gasteiger partial charge is 0.123 e. The molecule has 0 aliphatic rings. The number of rotatable bonds is 5. The van der Waals surface area contributed by atoms with Crippen molar-refractivity contribution in [3.8, 4) is 6.07 Å². The van der Waals surface area contributed by atoms with Gasteiger partial charge in [0.15, 0.2) is 0 Å². The van der Waals surface area contributed by atoms with Crippen molar-refractivity contribution in [1.29, 1.82) is 5.26 Å². The number of hydrogen-bond donors (Lipinski definition) is 1. The highest BCUT2D eigenvalue weighted by molar-refractivity contribution is 5.24. The van der Waals surface area contributed by atoms with Crippen molar-refractivity contribution in [2.45, 2.75) is 6.04 Å². The minimum atomic E-state index is -0.490. The van der Waals surface area contributed by atoms with Crippen LogP contribution in [-0.4, -0.2) is 20.3 Å². The molecule has 80 valence electrons. The van der Waals surface area contributed by atoms with Gasteiger partial charge in [-0.25, -0.2) is 4.39 Å². The van der Waals surface area contributed by atoms with Crippen molar-refractivity contribution in [2.24, 2.45) is 0 Å². The fraction of sp³-hybridized carbons (Fsp3) is 0.364. The second-order valence-corrected chi connectivity index (χ2v) is 3.06. The third-order valence-corrected chi connectivity index (χ3v) is 1.97. The second kappa shape index (κ2) is 6.12. The van der Waals surface area contributed by atoms with E-state index in [0.717, 1.165) is 0 Å². The SMILES string of the molecule is COCCNC(C#N)c1cccc(F)c1. The van der Waals surface area contributed by atoms with Crippen LogP contribution in [0.1, 0.15) is 11.6 Å². The molecule has 0 bridgehead atoms. The summed E-state index contributed by atoms with van der Waals surface area (Å²) in [5.74, 6) is -0.332. The maximum absolute atomic E-state index is 12.9. The molecule has 0 heterocycles. The number of halogens is 1. The highest BCUT2D eigenvalue weighted by Crippen LogP contribution is 2.12. The van der Waals surface area contributed by atoms with E-state index in [1.54, 1.807) is 19.2 Å². The summed E-state index contributed by atoms with van der Waals surface area (Å²) in [7, 11) is 1.59. The largest absolute Gasteiger partial charge is 0.383 e. The molecule has 1 unspecified atom stereocenters. The third kappa shape index (κ3) is 3.66.